The number of rotatable bonds is 8. The molecule has 1 fully saturated rings. The van der Waals surface area contributed by atoms with Crippen molar-refractivity contribution in [3.05, 3.63) is 52.1 Å². The summed E-state index contributed by atoms with van der Waals surface area (Å²) in [5, 5.41) is 9.41. The molecule has 0 spiro atoms. The summed E-state index contributed by atoms with van der Waals surface area (Å²) < 4.78 is 59.6. The molecule has 1 aromatic carbocycles. The van der Waals surface area contributed by atoms with Crippen LogP contribution in [0, 0.1) is 5.82 Å². The Balaban J connectivity index is 1.60. The highest BCUT2D eigenvalue weighted by Gasteiger charge is 2.38. The number of amides is 1. The lowest BCUT2D eigenvalue weighted by atomic mass is 10.1. The zero-order valence-electron chi connectivity index (χ0n) is 16.8. The molecular weight excluding hydrogens is 456 g/mol. The molecule has 1 atom stereocenters. The number of esters is 1. The summed E-state index contributed by atoms with van der Waals surface area (Å²) in [4.78, 5) is 23.5. The molecule has 12 heteroatoms. The minimum absolute atomic E-state index is 0.0544. The Hall–Kier alpha value is -2.66. The van der Waals surface area contributed by atoms with Crippen LogP contribution in [-0.4, -0.2) is 40.9 Å². The van der Waals surface area contributed by atoms with E-state index in [0.29, 0.717) is 12.0 Å². The summed E-state index contributed by atoms with van der Waals surface area (Å²) in [6.07, 6.45) is -3.48. The average molecular weight is 477 g/mol. The number of alkyl halides is 3. The van der Waals surface area contributed by atoms with E-state index in [4.69, 9.17) is 16.3 Å². The SMILES string of the molecule is O=C(Cc1cnn(CCNC2CCOC(=O)C2)c1C(F)(F)F)NCc1ccc(F)cc1Cl. The molecule has 2 heterocycles. The molecule has 1 aromatic heterocycles. The molecule has 7 nitrogen and oxygen atoms in total. The van der Waals surface area contributed by atoms with Gasteiger partial charge in [-0.05, 0) is 24.1 Å². The van der Waals surface area contributed by atoms with Gasteiger partial charge in [-0.1, -0.05) is 17.7 Å². The Labute approximate surface area is 186 Å². The lowest BCUT2D eigenvalue weighted by Gasteiger charge is -2.22. The standard InChI is InChI=1S/C20H21ClF4N4O3/c21-16-8-14(22)2-1-12(16)10-27-17(30)7-13-11-28-29(19(13)20(23,24)25)5-4-26-15-3-6-32-18(31)9-15/h1-2,8,11,15,26H,3-7,9-10H2,(H,27,30). The number of aromatic nitrogens is 2. The van der Waals surface area contributed by atoms with Crippen LogP contribution in [0.2, 0.25) is 5.02 Å². The largest absolute Gasteiger partial charge is 0.466 e. The predicted octanol–water partition coefficient (Wildman–Crippen LogP) is 2.85. The lowest BCUT2D eigenvalue weighted by molar-refractivity contribution is -0.147. The quantitative estimate of drug-likeness (QED) is 0.452. The minimum Gasteiger partial charge on any atom is -0.466 e. The van der Waals surface area contributed by atoms with E-state index >= 15 is 0 Å². The van der Waals surface area contributed by atoms with E-state index in [-0.39, 0.29) is 55.3 Å². The van der Waals surface area contributed by atoms with Gasteiger partial charge in [0.15, 0.2) is 0 Å². The fourth-order valence-corrected chi connectivity index (χ4v) is 3.61. The smallest absolute Gasteiger partial charge is 0.433 e. The summed E-state index contributed by atoms with van der Waals surface area (Å²) in [6, 6.07) is 3.48. The van der Waals surface area contributed by atoms with Crippen molar-refractivity contribution in [3.8, 4) is 0 Å². The summed E-state index contributed by atoms with van der Waals surface area (Å²) in [5.41, 5.74) is -0.829. The summed E-state index contributed by atoms with van der Waals surface area (Å²) >= 11 is 5.89. The van der Waals surface area contributed by atoms with Crippen molar-refractivity contribution in [1.82, 2.24) is 20.4 Å². The fourth-order valence-electron chi connectivity index (χ4n) is 3.37. The van der Waals surface area contributed by atoms with Crippen LogP contribution in [0.4, 0.5) is 17.6 Å². The molecule has 1 saturated heterocycles. The Morgan fingerprint density at radius 2 is 2.09 bits per heavy atom. The van der Waals surface area contributed by atoms with E-state index in [0.717, 1.165) is 16.9 Å². The zero-order chi connectivity index (χ0) is 23.3. The van der Waals surface area contributed by atoms with Gasteiger partial charge < -0.3 is 15.4 Å². The first-order chi connectivity index (χ1) is 15.1. The Morgan fingerprint density at radius 1 is 1.31 bits per heavy atom. The maximum absolute atomic E-state index is 13.6. The lowest BCUT2D eigenvalue weighted by Crippen LogP contribution is -2.38. The van der Waals surface area contributed by atoms with E-state index in [2.05, 4.69) is 15.7 Å². The molecule has 1 aliphatic rings. The fraction of sp³-hybridized carbons (Fsp3) is 0.450. The van der Waals surface area contributed by atoms with Gasteiger partial charge in [-0.2, -0.15) is 18.3 Å². The zero-order valence-corrected chi connectivity index (χ0v) is 17.6. The second-order valence-corrected chi connectivity index (χ2v) is 7.70. The predicted molar refractivity (Wildman–Crippen MR) is 106 cm³/mol. The van der Waals surface area contributed by atoms with Crippen LogP contribution < -0.4 is 10.6 Å². The third-order valence-electron chi connectivity index (χ3n) is 4.92. The number of hydrogen-bond acceptors (Lipinski definition) is 5. The van der Waals surface area contributed by atoms with Crippen LogP contribution in [0.3, 0.4) is 0 Å². The number of cyclic esters (lactones) is 1. The number of benzene rings is 1. The molecule has 174 valence electrons. The first-order valence-corrected chi connectivity index (χ1v) is 10.2. The molecular formula is C20H21ClF4N4O3. The number of nitrogens with one attached hydrogen (secondary N) is 2. The molecule has 1 amide bonds. The molecule has 0 saturated carbocycles. The van der Waals surface area contributed by atoms with E-state index < -0.39 is 30.0 Å². The molecule has 2 aromatic rings. The van der Waals surface area contributed by atoms with Crippen LogP contribution in [0.1, 0.15) is 29.7 Å². The maximum Gasteiger partial charge on any atom is 0.433 e. The van der Waals surface area contributed by atoms with E-state index in [1.54, 1.807) is 0 Å². The van der Waals surface area contributed by atoms with Gasteiger partial charge >= 0.3 is 12.1 Å². The molecule has 0 aliphatic carbocycles. The highest BCUT2D eigenvalue weighted by atomic mass is 35.5. The Kier molecular flexibility index (Phi) is 7.73. The third-order valence-corrected chi connectivity index (χ3v) is 5.28. The second kappa shape index (κ2) is 10.3. The van der Waals surface area contributed by atoms with Crippen molar-refractivity contribution in [1.29, 1.82) is 0 Å². The first-order valence-electron chi connectivity index (χ1n) is 9.85. The van der Waals surface area contributed by atoms with Gasteiger partial charge in [0.05, 0.1) is 32.2 Å². The van der Waals surface area contributed by atoms with Gasteiger partial charge in [-0.25, -0.2) is 4.39 Å². The minimum atomic E-state index is -4.71. The van der Waals surface area contributed by atoms with Crippen LogP contribution in [-0.2, 0) is 40.0 Å². The van der Waals surface area contributed by atoms with Crippen molar-refractivity contribution in [3.63, 3.8) is 0 Å². The van der Waals surface area contributed by atoms with E-state index in [1.165, 1.54) is 12.1 Å². The van der Waals surface area contributed by atoms with Crippen molar-refractivity contribution >= 4 is 23.5 Å². The van der Waals surface area contributed by atoms with Crippen molar-refractivity contribution < 1.29 is 31.9 Å². The maximum atomic E-state index is 13.6. The molecule has 1 aliphatic heterocycles. The molecule has 0 radical (unpaired) electrons. The molecule has 32 heavy (non-hydrogen) atoms. The Morgan fingerprint density at radius 3 is 2.78 bits per heavy atom. The van der Waals surface area contributed by atoms with Gasteiger partial charge in [0.25, 0.3) is 0 Å². The van der Waals surface area contributed by atoms with Crippen LogP contribution in [0.25, 0.3) is 0 Å². The third kappa shape index (κ3) is 6.42. The average Bonchev–Trinajstić information content (AvgIpc) is 3.10. The van der Waals surface area contributed by atoms with Gasteiger partial charge in [0, 0.05) is 29.7 Å². The van der Waals surface area contributed by atoms with E-state index in [1.807, 2.05) is 0 Å². The van der Waals surface area contributed by atoms with Crippen molar-refractivity contribution in [2.45, 2.75) is 44.6 Å². The monoisotopic (exact) mass is 476 g/mol. The van der Waals surface area contributed by atoms with Crippen LogP contribution in [0.5, 0.6) is 0 Å². The summed E-state index contributed by atoms with van der Waals surface area (Å²) in [7, 11) is 0. The highest BCUT2D eigenvalue weighted by molar-refractivity contribution is 6.31. The Bertz CT molecular complexity index is 980. The van der Waals surface area contributed by atoms with Crippen molar-refractivity contribution in [2.75, 3.05) is 13.2 Å². The van der Waals surface area contributed by atoms with Gasteiger partial charge in [0.1, 0.15) is 11.5 Å². The number of ether oxygens (including phenoxy) is 1. The molecule has 0 bridgehead atoms. The second-order valence-electron chi connectivity index (χ2n) is 7.29. The first kappa shape index (κ1) is 24.0. The number of carbonyl (C=O) groups excluding carboxylic acids is 2. The number of hydrogen-bond donors (Lipinski definition) is 2. The van der Waals surface area contributed by atoms with E-state index in [9.17, 15) is 27.2 Å². The normalized spacial score (nSPS) is 16.7. The van der Waals surface area contributed by atoms with Crippen LogP contribution in [0.15, 0.2) is 24.4 Å². The number of halogens is 5. The van der Waals surface area contributed by atoms with Gasteiger partial charge in [-0.3, -0.25) is 14.3 Å². The molecule has 3 rings (SSSR count). The molecule has 2 N–H and O–H groups in total. The topological polar surface area (TPSA) is 85.2 Å². The van der Waals surface area contributed by atoms with Crippen LogP contribution >= 0.6 is 11.6 Å². The van der Waals surface area contributed by atoms with Crippen molar-refractivity contribution in [2.24, 2.45) is 0 Å². The number of nitrogens with zero attached hydrogens (tertiary/aromatic N) is 2. The molecule has 1 unspecified atom stereocenters. The van der Waals surface area contributed by atoms with Gasteiger partial charge in [-0.15, -0.1) is 0 Å². The highest BCUT2D eigenvalue weighted by Crippen LogP contribution is 2.32. The summed E-state index contributed by atoms with van der Waals surface area (Å²) in [6.45, 7) is 0.292. The van der Waals surface area contributed by atoms with Gasteiger partial charge in [0.2, 0.25) is 5.91 Å². The number of carbonyl (C=O) groups is 2. The summed E-state index contributed by atoms with van der Waals surface area (Å²) in [5.74, 6) is -1.54.